The third-order valence-electron chi connectivity index (χ3n) is 3.39. The second-order valence-corrected chi connectivity index (χ2v) is 6.16. The molecule has 0 saturated heterocycles. The minimum atomic E-state index is -0.824. The van der Waals surface area contributed by atoms with Crippen LogP contribution in [0.1, 0.15) is 26.2 Å². The van der Waals surface area contributed by atoms with Gasteiger partial charge in [-0.15, -0.1) is 11.8 Å². The molecule has 0 bridgehead atoms. The van der Waals surface area contributed by atoms with E-state index in [2.05, 4.69) is 11.4 Å². The molecule has 0 amide bonds. The molecular formula is C14H16F2N2S. The van der Waals surface area contributed by atoms with Gasteiger partial charge in [-0.2, -0.15) is 5.26 Å². The number of nitriles is 1. The lowest BCUT2D eigenvalue weighted by Crippen LogP contribution is -2.41. The van der Waals surface area contributed by atoms with Crippen molar-refractivity contribution in [1.29, 1.82) is 5.26 Å². The van der Waals surface area contributed by atoms with E-state index < -0.39 is 17.2 Å². The molecule has 0 radical (unpaired) electrons. The van der Waals surface area contributed by atoms with Crippen LogP contribution in [-0.4, -0.2) is 17.3 Å². The van der Waals surface area contributed by atoms with Gasteiger partial charge in [-0.3, -0.25) is 5.32 Å². The predicted octanol–water partition coefficient (Wildman–Crippen LogP) is 3.48. The zero-order valence-corrected chi connectivity index (χ0v) is 11.6. The predicted molar refractivity (Wildman–Crippen MR) is 71.9 cm³/mol. The average Bonchev–Trinajstić information content (AvgIpc) is 2.78. The Balaban J connectivity index is 2.02. The first-order valence-electron chi connectivity index (χ1n) is 6.36. The van der Waals surface area contributed by atoms with Crippen LogP contribution >= 0.6 is 11.8 Å². The van der Waals surface area contributed by atoms with Gasteiger partial charge in [-0.05, 0) is 44.0 Å². The molecule has 0 spiro atoms. The summed E-state index contributed by atoms with van der Waals surface area (Å²) in [5, 5.41) is 12.8. The summed E-state index contributed by atoms with van der Waals surface area (Å²) < 4.78 is 26.0. The van der Waals surface area contributed by atoms with Gasteiger partial charge in [-0.1, -0.05) is 6.92 Å². The van der Waals surface area contributed by atoms with Crippen molar-refractivity contribution < 1.29 is 8.78 Å². The molecule has 1 saturated carbocycles. The van der Waals surface area contributed by atoms with Gasteiger partial charge in [0.2, 0.25) is 0 Å². The molecule has 2 rings (SSSR count). The molecule has 1 aliphatic carbocycles. The van der Waals surface area contributed by atoms with E-state index in [4.69, 9.17) is 0 Å². The largest absolute Gasteiger partial charge is 0.300 e. The maximum Gasteiger partial charge on any atom is 0.159 e. The summed E-state index contributed by atoms with van der Waals surface area (Å²) in [6.07, 6.45) is 2.45. The van der Waals surface area contributed by atoms with Gasteiger partial charge in [0.25, 0.3) is 0 Å². The van der Waals surface area contributed by atoms with E-state index in [-0.39, 0.29) is 5.25 Å². The molecule has 2 atom stereocenters. The highest BCUT2D eigenvalue weighted by Crippen LogP contribution is 2.40. The third-order valence-corrected chi connectivity index (χ3v) is 4.65. The van der Waals surface area contributed by atoms with Crippen LogP contribution in [0.3, 0.4) is 0 Å². The van der Waals surface area contributed by atoms with E-state index in [1.165, 1.54) is 17.8 Å². The lowest BCUT2D eigenvalue weighted by atomic mass is 10.0. The molecule has 1 N–H and O–H groups in total. The highest BCUT2D eigenvalue weighted by atomic mass is 32.2. The number of hydrogen-bond donors (Lipinski definition) is 1. The van der Waals surface area contributed by atoms with Crippen molar-refractivity contribution in [1.82, 2.24) is 5.32 Å². The Morgan fingerprint density at radius 3 is 2.89 bits per heavy atom. The summed E-state index contributed by atoms with van der Waals surface area (Å²) in [5.41, 5.74) is -0.453. The molecule has 1 aromatic rings. The Bertz CT molecular complexity index is 501. The number of rotatable bonds is 4. The summed E-state index contributed by atoms with van der Waals surface area (Å²) in [4.78, 5) is 0.717. The summed E-state index contributed by atoms with van der Waals surface area (Å²) >= 11 is 1.52. The molecule has 0 aromatic heterocycles. The van der Waals surface area contributed by atoms with E-state index in [1.54, 1.807) is 6.07 Å². The van der Waals surface area contributed by atoms with Crippen molar-refractivity contribution in [2.45, 2.75) is 41.9 Å². The molecule has 1 aromatic carbocycles. The first-order chi connectivity index (χ1) is 9.08. The number of benzene rings is 1. The molecule has 0 heterocycles. The van der Waals surface area contributed by atoms with Crippen LogP contribution in [0.5, 0.6) is 0 Å². The fraction of sp³-hybridized carbons (Fsp3) is 0.500. The van der Waals surface area contributed by atoms with Crippen molar-refractivity contribution in [3.8, 4) is 6.07 Å². The normalized spacial score (nSPS) is 26.3. The Labute approximate surface area is 116 Å². The minimum absolute atomic E-state index is 0.267. The number of nitrogens with one attached hydrogen (secondary N) is 1. The number of nitrogens with zero attached hydrogens (tertiary/aromatic N) is 1. The second-order valence-electron chi connectivity index (χ2n) is 4.78. The lowest BCUT2D eigenvalue weighted by molar-refractivity contribution is 0.436. The van der Waals surface area contributed by atoms with Crippen LogP contribution in [0.2, 0.25) is 0 Å². The standard InChI is InChI=1S/C14H16F2N2S/c1-2-18-14(9-17)6-5-11(8-14)19-10-3-4-12(15)13(16)7-10/h3-4,7,11,18H,2,5-6,8H2,1H3. The van der Waals surface area contributed by atoms with Crippen LogP contribution in [0.15, 0.2) is 23.1 Å². The number of halogens is 2. The molecule has 19 heavy (non-hydrogen) atoms. The van der Waals surface area contributed by atoms with E-state index in [0.29, 0.717) is 4.90 Å². The van der Waals surface area contributed by atoms with Gasteiger partial charge in [0.15, 0.2) is 11.6 Å². The Kier molecular flexibility index (Phi) is 4.43. The fourth-order valence-electron chi connectivity index (χ4n) is 2.48. The van der Waals surface area contributed by atoms with Crippen molar-refractivity contribution in [3.63, 3.8) is 0 Å². The average molecular weight is 282 g/mol. The van der Waals surface area contributed by atoms with Crippen molar-refractivity contribution in [2.24, 2.45) is 0 Å². The zero-order valence-electron chi connectivity index (χ0n) is 10.7. The Morgan fingerprint density at radius 2 is 2.26 bits per heavy atom. The monoisotopic (exact) mass is 282 g/mol. The van der Waals surface area contributed by atoms with Crippen LogP contribution in [-0.2, 0) is 0 Å². The highest BCUT2D eigenvalue weighted by molar-refractivity contribution is 8.00. The van der Waals surface area contributed by atoms with Crippen LogP contribution in [0, 0.1) is 23.0 Å². The summed E-state index contributed by atoms with van der Waals surface area (Å²) in [7, 11) is 0. The highest BCUT2D eigenvalue weighted by Gasteiger charge is 2.39. The van der Waals surface area contributed by atoms with Crippen LogP contribution in [0.4, 0.5) is 8.78 Å². The quantitative estimate of drug-likeness (QED) is 0.918. The smallest absolute Gasteiger partial charge is 0.159 e. The fourth-order valence-corrected chi connectivity index (χ4v) is 3.79. The molecule has 5 heteroatoms. The molecule has 1 fully saturated rings. The summed E-state index contributed by atoms with van der Waals surface area (Å²) in [6, 6.07) is 6.31. The van der Waals surface area contributed by atoms with E-state index in [1.807, 2.05) is 6.92 Å². The van der Waals surface area contributed by atoms with Gasteiger partial charge < -0.3 is 0 Å². The molecule has 1 aliphatic rings. The Morgan fingerprint density at radius 1 is 1.47 bits per heavy atom. The molecule has 2 unspecified atom stereocenters. The van der Waals surface area contributed by atoms with Gasteiger partial charge >= 0.3 is 0 Å². The van der Waals surface area contributed by atoms with Crippen molar-refractivity contribution >= 4 is 11.8 Å². The third kappa shape index (κ3) is 3.26. The number of thioether (sulfide) groups is 1. The summed E-state index contributed by atoms with van der Waals surface area (Å²) in [6.45, 7) is 2.74. The molecule has 0 aliphatic heterocycles. The maximum atomic E-state index is 13.1. The topological polar surface area (TPSA) is 35.8 Å². The molecular weight excluding hydrogens is 266 g/mol. The minimum Gasteiger partial charge on any atom is -0.300 e. The molecule has 2 nitrogen and oxygen atoms in total. The zero-order chi connectivity index (χ0) is 13.9. The SMILES string of the molecule is CCNC1(C#N)CCC(Sc2ccc(F)c(F)c2)C1. The summed E-state index contributed by atoms with van der Waals surface area (Å²) in [5.74, 6) is -1.64. The van der Waals surface area contributed by atoms with Crippen molar-refractivity contribution in [2.75, 3.05) is 6.54 Å². The van der Waals surface area contributed by atoms with Crippen LogP contribution < -0.4 is 5.32 Å². The van der Waals surface area contributed by atoms with Gasteiger partial charge in [-0.25, -0.2) is 8.78 Å². The molecule has 102 valence electrons. The second kappa shape index (κ2) is 5.89. The maximum absolute atomic E-state index is 13.1. The first kappa shape index (κ1) is 14.3. The van der Waals surface area contributed by atoms with Gasteiger partial charge in [0, 0.05) is 10.1 Å². The first-order valence-corrected chi connectivity index (χ1v) is 7.24. The van der Waals surface area contributed by atoms with E-state index in [0.717, 1.165) is 31.9 Å². The number of hydrogen-bond acceptors (Lipinski definition) is 3. The van der Waals surface area contributed by atoms with E-state index in [9.17, 15) is 14.0 Å². The van der Waals surface area contributed by atoms with Gasteiger partial charge in [0.05, 0.1) is 6.07 Å². The van der Waals surface area contributed by atoms with E-state index >= 15 is 0 Å². The van der Waals surface area contributed by atoms with Crippen LogP contribution in [0.25, 0.3) is 0 Å². The van der Waals surface area contributed by atoms with Crippen molar-refractivity contribution in [3.05, 3.63) is 29.8 Å². The Hall–Kier alpha value is -1.12. The van der Waals surface area contributed by atoms with Gasteiger partial charge in [0.1, 0.15) is 5.54 Å². The lowest BCUT2D eigenvalue weighted by Gasteiger charge is -2.21.